The van der Waals surface area contributed by atoms with Crippen molar-refractivity contribution < 1.29 is 4.79 Å². The summed E-state index contributed by atoms with van der Waals surface area (Å²) in [5, 5.41) is 3.35. The second kappa shape index (κ2) is 4.94. The fourth-order valence-electron chi connectivity index (χ4n) is 2.76. The molecular formula is C16H15BrN2O. The Balaban J connectivity index is 1.96. The topological polar surface area (TPSA) is 55.1 Å². The van der Waals surface area contributed by atoms with Crippen LogP contribution >= 0.6 is 15.9 Å². The van der Waals surface area contributed by atoms with Gasteiger partial charge in [0.05, 0.1) is 0 Å². The quantitative estimate of drug-likeness (QED) is 0.909. The van der Waals surface area contributed by atoms with Crippen LogP contribution in [0.4, 0.5) is 5.69 Å². The highest BCUT2D eigenvalue weighted by atomic mass is 79.9. The number of hydrogen-bond acceptors (Lipinski definition) is 2. The number of rotatable bonds is 3. The molecule has 20 heavy (non-hydrogen) atoms. The number of nitrogens with one attached hydrogen (secondary N) is 1. The molecule has 3 rings (SSSR count). The molecule has 0 saturated heterocycles. The Bertz CT molecular complexity index is 644. The minimum absolute atomic E-state index is 0.315. The van der Waals surface area contributed by atoms with Gasteiger partial charge >= 0.3 is 0 Å². The first kappa shape index (κ1) is 13.2. The molecule has 1 aliphatic rings. The van der Waals surface area contributed by atoms with E-state index in [1.807, 2.05) is 36.4 Å². The van der Waals surface area contributed by atoms with Gasteiger partial charge in [-0.2, -0.15) is 0 Å². The standard InChI is InChI=1S/C16H15BrN2O/c17-13-7-3-4-8-14(13)19-16(15(18)20)9-11-5-1-2-6-12(11)10-16/h1-8,19H,9-10H2,(H2,18,20). The summed E-state index contributed by atoms with van der Waals surface area (Å²) in [7, 11) is 0. The highest BCUT2D eigenvalue weighted by molar-refractivity contribution is 9.10. The van der Waals surface area contributed by atoms with Crippen LogP contribution in [0.2, 0.25) is 0 Å². The minimum Gasteiger partial charge on any atom is -0.370 e. The number of amides is 1. The van der Waals surface area contributed by atoms with Crippen LogP contribution in [0.25, 0.3) is 0 Å². The Kier molecular flexibility index (Phi) is 3.26. The lowest BCUT2D eigenvalue weighted by molar-refractivity contribution is -0.122. The lowest BCUT2D eigenvalue weighted by Crippen LogP contribution is -2.51. The number of hydrogen-bond donors (Lipinski definition) is 2. The highest BCUT2D eigenvalue weighted by Crippen LogP contribution is 2.34. The maximum absolute atomic E-state index is 12.1. The summed E-state index contributed by atoms with van der Waals surface area (Å²) in [6.07, 6.45) is 1.25. The Morgan fingerprint density at radius 3 is 2.15 bits per heavy atom. The molecular weight excluding hydrogens is 316 g/mol. The Hall–Kier alpha value is -1.81. The fraction of sp³-hybridized carbons (Fsp3) is 0.188. The summed E-state index contributed by atoms with van der Waals surface area (Å²) >= 11 is 3.50. The summed E-state index contributed by atoms with van der Waals surface area (Å²) in [6.45, 7) is 0. The van der Waals surface area contributed by atoms with Crippen LogP contribution in [0.1, 0.15) is 11.1 Å². The third kappa shape index (κ3) is 2.20. The maximum Gasteiger partial charge on any atom is 0.243 e. The van der Waals surface area contributed by atoms with E-state index in [-0.39, 0.29) is 5.91 Å². The Morgan fingerprint density at radius 1 is 1.05 bits per heavy atom. The zero-order valence-electron chi connectivity index (χ0n) is 10.9. The van der Waals surface area contributed by atoms with E-state index in [0.29, 0.717) is 12.8 Å². The molecule has 3 nitrogen and oxygen atoms in total. The van der Waals surface area contributed by atoms with E-state index in [0.717, 1.165) is 10.2 Å². The third-order valence-corrected chi connectivity index (χ3v) is 4.51. The highest BCUT2D eigenvalue weighted by Gasteiger charge is 2.42. The van der Waals surface area contributed by atoms with Crippen LogP contribution < -0.4 is 11.1 Å². The molecule has 0 heterocycles. The van der Waals surface area contributed by atoms with Gasteiger partial charge in [0.25, 0.3) is 0 Å². The van der Waals surface area contributed by atoms with Gasteiger partial charge in [0, 0.05) is 23.0 Å². The molecule has 0 fully saturated rings. The van der Waals surface area contributed by atoms with Crippen molar-refractivity contribution >= 4 is 27.5 Å². The SMILES string of the molecule is NC(=O)C1(Nc2ccccc2Br)Cc2ccccc2C1. The fourth-order valence-corrected chi connectivity index (χ4v) is 3.14. The molecule has 0 bridgehead atoms. The monoisotopic (exact) mass is 330 g/mol. The zero-order valence-corrected chi connectivity index (χ0v) is 12.5. The summed E-state index contributed by atoms with van der Waals surface area (Å²) < 4.78 is 0.927. The number of para-hydroxylation sites is 1. The number of carbonyl (C=O) groups excluding carboxylic acids is 1. The van der Waals surface area contributed by atoms with Crippen molar-refractivity contribution in [3.63, 3.8) is 0 Å². The summed E-state index contributed by atoms with van der Waals surface area (Å²) in [5.41, 5.74) is 8.21. The van der Waals surface area contributed by atoms with Crippen molar-refractivity contribution in [2.75, 3.05) is 5.32 Å². The molecule has 102 valence electrons. The predicted octanol–water partition coefficient (Wildman–Crippen LogP) is 2.88. The molecule has 2 aromatic carbocycles. The summed E-state index contributed by atoms with van der Waals surface area (Å²) in [6, 6.07) is 15.9. The van der Waals surface area contributed by atoms with Crippen molar-refractivity contribution in [1.82, 2.24) is 0 Å². The van der Waals surface area contributed by atoms with E-state index in [9.17, 15) is 4.79 Å². The number of nitrogens with two attached hydrogens (primary N) is 1. The Morgan fingerprint density at radius 2 is 1.60 bits per heavy atom. The van der Waals surface area contributed by atoms with Crippen LogP contribution in [-0.2, 0) is 17.6 Å². The molecule has 4 heteroatoms. The van der Waals surface area contributed by atoms with Gasteiger partial charge in [0.2, 0.25) is 5.91 Å². The van der Waals surface area contributed by atoms with E-state index >= 15 is 0 Å². The van der Waals surface area contributed by atoms with Gasteiger partial charge in [-0.25, -0.2) is 0 Å². The predicted molar refractivity (Wildman–Crippen MR) is 83.5 cm³/mol. The molecule has 0 aromatic heterocycles. The van der Waals surface area contributed by atoms with Crippen LogP contribution in [0.15, 0.2) is 53.0 Å². The van der Waals surface area contributed by atoms with Gasteiger partial charge in [0.1, 0.15) is 5.54 Å². The van der Waals surface area contributed by atoms with Gasteiger partial charge in [0.15, 0.2) is 0 Å². The minimum atomic E-state index is -0.743. The lowest BCUT2D eigenvalue weighted by Gasteiger charge is -2.28. The first-order chi connectivity index (χ1) is 9.61. The number of primary amides is 1. The first-order valence-corrected chi connectivity index (χ1v) is 7.29. The van der Waals surface area contributed by atoms with Gasteiger partial charge in [-0.15, -0.1) is 0 Å². The summed E-state index contributed by atoms with van der Waals surface area (Å²) in [4.78, 5) is 12.1. The van der Waals surface area contributed by atoms with Gasteiger partial charge < -0.3 is 11.1 Å². The van der Waals surface area contributed by atoms with E-state index in [4.69, 9.17) is 5.73 Å². The van der Waals surface area contributed by atoms with E-state index in [1.165, 1.54) is 11.1 Å². The van der Waals surface area contributed by atoms with Crippen LogP contribution in [-0.4, -0.2) is 11.4 Å². The number of carbonyl (C=O) groups is 1. The molecule has 0 radical (unpaired) electrons. The maximum atomic E-state index is 12.1. The lowest BCUT2D eigenvalue weighted by atomic mass is 9.94. The number of fused-ring (bicyclic) bond motifs is 1. The molecule has 0 unspecified atom stereocenters. The molecule has 0 spiro atoms. The normalized spacial score (nSPS) is 15.7. The molecule has 1 amide bonds. The number of benzene rings is 2. The second-order valence-corrected chi connectivity index (χ2v) is 6.03. The average molecular weight is 331 g/mol. The van der Waals surface area contributed by atoms with E-state index in [2.05, 4.69) is 33.4 Å². The van der Waals surface area contributed by atoms with E-state index < -0.39 is 5.54 Å². The number of anilines is 1. The zero-order chi connectivity index (χ0) is 14.2. The van der Waals surface area contributed by atoms with Crippen molar-refractivity contribution in [2.24, 2.45) is 5.73 Å². The second-order valence-electron chi connectivity index (χ2n) is 5.17. The van der Waals surface area contributed by atoms with E-state index in [1.54, 1.807) is 0 Å². The van der Waals surface area contributed by atoms with Gasteiger partial charge in [-0.3, -0.25) is 4.79 Å². The van der Waals surface area contributed by atoms with Crippen molar-refractivity contribution in [2.45, 2.75) is 18.4 Å². The van der Waals surface area contributed by atoms with Crippen LogP contribution in [0, 0.1) is 0 Å². The van der Waals surface area contributed by atoms with Crippen molar-refractivity contribution in [3.05, 3.63) is 64.1 Å². The average Bonchev–Trinajstić information content (AvgIpc) is 2.81. The van der Waals surface area contributed by atoms with Gasteiger partial charge in [-0.05, 0) is 39.2 Å². The smallest absolute Gasteiger partial charge is 0.243 e. The molecule has 3 N–H and O–H groups in total. The Labute approximate surface area is 126 Å². The van der Waals surface area contributed by atoms with Crippen LogP contribution in [0.5, 0.6) is 0 Å². The molecule has 0 aliphatic heterocycles. The summed E-state index contributed by atoms with van der Waals surface area (Å²) in [5.74, 6) is -0.315. The van der Waals surface area contributed by atoms with Crippen LogP contribution in [0.3, 0.4) is 0 Å². The van der Waals surface area contributed by atoms with Crippen molar-refractivity contribution in [1.29, 1.82) is 0 Å². The molecule has 0 saturated carbocycles. The largest absolute Gasteiger partial charge is 0.370 e. The first-order valence-electron chi connectivity index (χ1n) is 6.50. The molecule has 2 aromatic rings. The van der Waals surface area contributed by atoms with Gasteiger partial charge in [-0.1, -0.05) is 36.4 Å². The number of halogens is 1. The molecule has 0 atom stereocenters. The van der Waals surface area contributed by atoms with Crippen molar-refractivity contribution in [3.8, 4) is 0 Å². The third-order valence-electron chi connectivity index (χ3n) is 3.82. The molecule has 1 aliphatic carbocycles.